The first kappa shape index (κ1) is 23.3. The number of aliphatic hydroxyl groups excluding tert-OH is 1. The number of aliphatic hydroxyl groups is 1. The van der Waals surface area contributed by atoms with Gasteiger partial charge in [-0.1, -0.05) is 12.1 Å². The fourth-order valence-corrected chi connectivity index (χ4v) is 3.86. The molecule has 0 aromatic heterocycles. The Kier molecular flexibility index (Phi) is 7.53. The molecule has 1 atom stereocenters. The van der Waals surface area contributed by atoms with Crippen LogP contribution in [0.2, 0.25) is 0 Å². The van der Waals surface area contributed by atoms with Gasteiger partial charge < -0.3 is 24.4 Å². The number of amides is 1. The van der Waals surface area contributed by atoms with Gasteiger partial charge in [-0.15, -0.1) is 0 Å². The minimum Gasteiger partial charge on any atom is -0.507 e. The van der Waals surface area contributed by atoms with Crippen molar-refractivity contribution in [1.29, 1.82) is 0 Å². The minimum atomic E-state index is -0.696. The average Bonchev–Trinajstić information content (AvgIpc) is 3.04. The number of nitrogens with zero attached hydrogens (tertiary/aromatic N) is 2. The SMILES string of the molecule is CCOc1ccc(C(O)=C2C(=O)C(=O)N(CCCN(C)C)[C@H]2c2cccc(OC)c2)cc1. The highest BCUT2D eigenvalue weighted by molar-refractivity contribution is 6.46. The molecule has 0 unspecified atom stereocenters. The third kappa shape index (κ3) is 4.94. The van der Waals surface area contributed by atoms with E-state index in [9.17, 15) is 14.7 Å². The molecule has 3 rings (SSSR count). The van der Waals surface area contributed by atoms with Gasteiger partial charge in [-0.25, -0.2) is 0 Å². The Labute approximate surface area is 188 Å². The summed E-state index contributed by atoms with van der Waals surface area (Å²) in [5.74, 6) is -0.215. The molecule has 0 spiro atoms. The Balaban J connectivity index is 2.07. The Bertz CT molecular complexity index is 998. The lowest BCUT2D eigenvalue weighted by molar-refractivity contribution is -0.139. The van der Waals surface area contributed by atoms with Crippen LogP contribution in [-0.2, 0) is 9.59 Å². The molecule has 1 amide bonds. The quantitative estimate of drug-likeness (QED) is 0.367. The van der Waals surface area contributed by atoms with E-state index in [1.807, 2.05) is 38.1 Å². The van der Waals surface area contributed by atoms with Crippen LogP contribution in [0, 0.1) is 0 Å². The largest absolute Gasteiger partial charge is 0.507 e. The van der Waals surface area contributed by atoms with E-state index < -0.39 is 17.7 Å². The summed E-state index contributed by atoms with van der Waals surface area (Å²) in [4.78, 5) is 29.6. The molecule has 2 aromatic carbocycles. The highest BCUT2D eigenvalue weighted by atomic mass is 16.5. The van der Waals surface area contributed by atoms with Crippen molar-refractivity contribution < 1.29 is 24.2 Å². The van der Waals surface area contributed by atoms with Crippen LogP contribution in [0.3, 0.4) is 0 Å². The van der Waals surface area contributed by atoms with Crippen molar-refractivity contribution >= 4 is 17.4 Å². The summed E-state index contributed by atoms with van der Waals surface area (Å²) in [5.41, 5.74) is 1.24. The van der Waals surface area contributed by atoms with Crippen molar-refractivity contribution in [1.82, 2.24) is 9.80 Å². The number of Topliss-reactive ketones (excluding diaryl/α,β-unsaturated/α-hetero) is 1. The first-order valence-electron chi connectivity index (χ1n) is 10.7. The van der Waals surface area contributed by atoms with Crippen molar-refractivity contribution in [3.05, 3.63) is 65.2 Å². The molecule has 7 nitrogen and oxygen atoms in total. The standard InChI is InChI=1S/C25H30N2O5/c1-5-32-19-12-10-17(11-13-19)23(28)21-22(18-8-6-9-20(16-18)31-4)27(25(30)24(21)29)15-7-14-26(2)3/h6,8-13,16,22,28H,5,7,14-15H2,1-4H3/t22-/m0/s1. The molecule has 1 heterocycles. The number of rotatable bonds is 9. The molecule has 1 aliphatic rings. The number of carbonyl (C=O) groups excluding carboxylic acids is 2. The van der Waals surface area contributed by atoms with Gasteiger partial charge in [0.2, 0.25) is 0 Å². The van der Waals surface area contributed by atoms with E-state index in [0.29, 0.717) is 42.2 Å². The van der Waals surface area contributed by atoms with Gasteiger partial charge in [0.15, 0.2) is 0 Å². The zero-order valence-electron chi connectivity index (χ0n) is 19.0. The Morgan fingerprint density at radius 3 is 2.44 bits per heavy atom. The molecule has 7 heteroatoms. The summed E-state index contributed by atoms with van der Waals surface area (Å²) in [6, 6.07) is 13.4. The van der Waals surface area contributed by atoms with Crippen LogP contribution in [0.15, 0.2) is 54.1 Å². The van der Waals surface area contributed by atoms with Gasteiger partial charge in [0.05, 0.1) is 25.3 Å². The third-order valence-corrected chi connectivity index (χ3v) is 5.39. The van der Waals surface area contributed by atoms with E-state index in [0.717, 1.165) is 6.54 Å². The molecular formula is C25H30N2O5. The maximum Gasteiger partial charge on any atom is 0.295 e. The summed E-state index contributed by atoms with van der Waals surface area (Å²) in [7, 11) is 5.48. The van der Waals surface area contributed by atoms with Crippen molar-refractivity contribution in [2.75, 3.05) is 40.9 Å². The number of hydrogen-bond donors (Lipinski definition) is 1. The zero-order chi connectivity index (χ0) is 23.3. The van der Waals surface area contributed by atoms with Gasteiger partial charge in [-0.3, -0.25) is 9.59 Å². The van der Waals surface area contributed by atoms with E-state index >= 15 is 0 Å². The van der Waals surface area contributed by atoms with Crippen LogP contribution < -0.4 is 9.47 Å². The summed E-state index contributed by atoms with van der Waals surface area (Å²) >= 11 is 0. The van der Waals surface area contributed by atoms with Crippen LogP contribution in [0.4, 0.5) is 0 Å². The fraction of sp³-hybridized carbons (Fsp3) is 0.360. The van der Waals surface area contributed by atoms with Crippen molar-refractivity contribution in [3.63, 3.8) is 0 Å². The summed E-state index contributed by atoms with van der Waals surface area (Å²) < 4.78 is 10.8. The molecular weight excluding hydrogens is 408 g/mol. The molecule has 0 bridgehead atoms. The normalized spacial score (nSPS) is 17.8. The van der Waals surface area contributed by atoms with Crippen LogP contribution in [0.1, 0.15) is 30.5 Å². The minimum absolute atomic E-state index is 0.0808. The van der Waals surface area contributed by atoms with E-state index in [-0.39, 0.29) is 11.3 Å². The Morgan fingerprint density at radius 1 is 1.09 bits per heavy atom. The predicted octanol–water partition coefficient (Wildman–Crippen LogP) is 3.47. The first-order valence-corrected chi connectivity index (χ1v) is 10.7. The van der Waals surface area contributed by atoms with E-state index in [1.165, 1.54) is 0 Å². The number of likely N-dealkylation sites (tertiary alicyclic amines) is 1. The Hall–Kier alpha value is -3.32. The fourth-order valence-electron chi connectivity index (χ4n) is 3.86. The number of benzene rings is 2. The van der Waals surface area contributed by atoms with Gasteiger partial charge >= 0.3 is 0 Å². The topological polar surface area (TPSA) is 79.3 Å². The third-order valence-electron chi connectivity index (χ3n) is 5.39. The van der Waals surface area contributed by atoms with Crippen molar-refractivity contribution in [3.8, 4) is 11.5 Å². The van der Waals surface area contributed by atoms with Crippen molar-refractivity contribution in [2.45, 2.75) is 19.4 Å². The smallest absolute Gasteiger partial charge is 0.295 e. The number of carbonyl (C=O) groups is 2. The maximum atomic E-state index is 13.1. The number of ether oxygens (including phenoxy) is 2. The molecule has 0 aliphatic carbocycles. The molecule has 0 radical (unpaired) electrons. The molecule has 1 saturated heterocycles. The average molecular weight is 439 g/mol. The second kappa shape index (κ2) is 10.3. The molecule has 170 valence electrons. The van der Waals surface area contributed by atoms with E-state index in [1.54, 1.807) is 48.4 Å². The van der Waals surface area contributed by atoms with Gasteiger partial charge in [-0.2, -0.15) is 0 Å². The van der Waals surface area contributed by atoms with E-state index in [4.69, 9.17) is 9.47 Å². The zero-order valence-corrected chi connectivity index (χ0v) is 19.0. The predicted molar refractivity (Wildman–Crippen MR) is 123 cm³/mol. The van der Waals surface area contributed by atoms with Gasteiger partial charge in [0.25, 0.3) is 11.7 Å². The lowest BCUT2D eigenvalue weighted by Gasteiger charge is -2.26. The monoisotopic (exact) mass is 438 g/mol. The number of hydrogen-bond acceptors (Lipinski definition) is 6. The molecule has 2 aromatic rings. The second-order valence-electron chi connectivity index (χ2n) is 7.88. The van der Waals surface area contributed by atoms with Gasteiger partial charge in [0, 0.05) is 12.1 Å². The van der Waals surface area contributed by atoms with Gasteiger partial charge in [-0.05, 0) is 75.9 Å². The van der Waals surface area contributed by atoms with Crippen LogP contribution >= 0.6 is 0 Å². The molecule has 1 fully saturated rings. The molecule has 32 heavy (non-hydrogen) atoms. The molecule has 1 N–H and O–H groups in total. The molecule has 0 saturated carbocycles. The number of methoxy groups -OCH3 is 1. The van der Waals surface area contributed by atoms with Crippen LogP contribution in [0.25, 0.3) is 5.76 Å². The first-order chi connectivity index (χ1) is 15.4. The van der Waals surface area contributed by atoms with E-state index in [2.05, 4.69) is 0 Å². The highest BCUT2D eigenvalue weighted by Crippen LogP contribution is 2.40. The molecule has 1 aliphatic heterocycles. The van der Waals surface area contributed by atoms with Crippen molar-refractivity contribution in [2.24, 2.45) is 0 Å². The number of ketones is 1. The second-order valence-corrected chi connectivity index (χ2v) is 7.88. The lowest BCUT2D eigenvalue weighted by atomic mass is 9.95. The highest BCUT2D eigenvalue weighted by Gasteiger charge is 2.45. The Morgan fingerprint density at radius 2 is 1.81 bits per heavy atom. The maximum absolute atomic E-state index is 13.1. The van der Waals surface area contributed by atoms with Crippen LogP contribution in [-0.4, -0.2) is 67.5 Å². The summed E-state index contributed by atoms with van der Waals surface area (Å²) in [6.07, 6.45) is 0.698. The summed E-state index contributed by atoms with van der Waals surface area (Å²) in [6.45, 7) is 3.58. The van der Waals surface area contributed by atoms with Crippen LogP contribution in [0.5, 0.6) is 11.5 Å². The summed E-state index contributed by atoms with van der Waals surface area (Å²) in [5, 5.41) is 11.1. The lowest BCUT2D eigenvalue weighted by Crippen LogP contribution is -2.32. The van der Waals surface area contributed by atoms with Gasteiger partial charge in [0.1, 0.15) is 17.3 Å².